The lowest BCUT2D eigenvalue weighted by molar-refractivity contribution is -0.128. The summed E-state index contributed by atoms with van der Waals surface area (Å²) in [5.74, 6) is 0.0320. The first-order chi connectivity index (χ1) is 12.5. The van der Waals surface area contributed by atoms with E-state index < -0.39 is 0 Å². The van der Waals surface area contributed by atoms with Gasteiger partial charge in [0.1, 0.15) is 5.25 Å². The largest absolute Gasteiger partial charge is 0.348 e. The molecule has 0 saturated carbocycles. The molecule has 5 nitrogen and oxygen atoms in total. The van der Waals surface area contributed by atoms with Crippen LogP contribution in [0.3, 0.4) is 0 Å². The maximum absolute atomic E-state index is 12.6. The van der Waals surface area contributed by atoms with Gasteiger partial charge in [0.2, 0.25) is 11.0 Å². The smallest absolute Gasteiger partial charge is 0.240 e. The molecule has 2 aromatic carbocycles. The number of rotatable bonds is 6. The van der Waals surface area contributed by atoms with Gasteiger partial charge in [-0.25, -0.2) is 0 Å². The van der Waals surface area contributed by atoms with Gasteiger partial charge in [-0.3, -0.25) is 4.79 Å². The fraction of sp³-hybridized carbons (Fsp3) is 0.211. The Morgan fingerprint density at radius 2 is 1.88 bits per heavy atom. The Morgan fingerprint density at radius 1 is 1.12 bits per heavy atom. The summed E-state index contributed by atoms with van der Waals surface area (Å²) in [6.07, 6.45) is 0. The van der Waals surface area contributed by atoms with E-state index in [2.05, 4.69) is 21.6 Å². The molecule has 7 heteroatoms. The lowest BCUT2D eigenvalue weighted by atomic mass is 10.1. The van der Waals surface area contributed by atoms with Crippen LogP contribution >= 0.6 is 23.1 Å². The van der Waals surface area contributed by atoms with E-state index in [1.807, 2.05) is 55.5 Å². The summed E-state index contributed by atoms with van der Waals surface area (Å²) in [5, 5.41) is 12.1. The van der Waals surface area contributed by atoms with Crippen molar-refractivity contribution in [2.24, 2.45) is 0 Å². The number of hydrogen-bond donors (Lipinski definition) is 1. The molecule has 0 radical (unpaired) electrons. The van der Waals surface area contributed by atoms with Gasteiger partial charge in [-0.2, -0.15) is 0 Å². The number of hydrogen-bond acceptors (Lipinski definition) is 6. The van der Waals surface area contributed by atoms with Crippen LogP contribution in [0.2, 0.25) is 0 Å². The average molecular weight is 385 g/mol. The fourth-order valence-electron chi connectivity index (χ4n) is 2.38. The first kappa shape index (κ1) is 18.4. The van der Waals surface area contributed by atoms with Gasteiger partial charge in [0, 0.05) is 19.8 Å². The van der Waals surface area contributed by atoms with E-state index in [0.29, 0.717) is 5.13 Å². The minimum Gasteiger partial charge on any atom is -0.348 e. The number of nitrogens with one attached hydrogen (secondary N) is 1. The predicted molar refractivity (Wildman–Crippen MR) is 108 cm³/mol. The monoisotopic (exact) mass is 384 g/mol. The second-order valence-electron chi connectivity index (χ2n) is 6.01. The van der Waals surface area contributed by atoms with Crippen molar-refractivity contribution in [3.8, 4) is 0 Å². The summed E-state index contributed by atoms with van der Waals surface area (Å²) in [5.41, 5.74) is 3.11. The highest BCUT2D eigenvalue weighted by molar-refractivity contribution is 8.01. The topological polar surface area (TPSA) is 58.1 Å². The average Bonchev–Trinajstić information content (AvgIpc) is 3.07. The Labute approximate surface area is 161 Å². The normalized spacial score (nSPS) is 11.8. The van der Waals surface area contributed by atoms with E-state index in [-0.39, 0.29) is 11.2 Å². The highest BCUT2D eigenvalue weighted by atomic mass is 32.2. The van der Waals surface area contributed by atoms with Gasteiger partial charge in [-0.15, -0.1) is 10.2 Å². The molecule has 0 spiro atoms. The quantitative estimate of drug-likeness (QED) is 0.634. The molecular formula is C19H20N4OS2. The van der Waals surface area contributed by atoms with Crippen LogP contribution in [0.15, 0.2) is 58.9 Å². The number of carbonyl (C=O) groups excluding carboxylic acids is 1. The van der Waals surface area contributed by atoms with Gasteiger partial charge in [0.25, 0.3) is 0 Å². The number of benzene rings is 2. The van der Waals surface area contributed by atoms with Crippen LogP contribution in [0.1, 0.15) is 16.4 Å². The standard InChI is InChI=1S/C19H20N4OS2/c1-13-8-7-11-15(12-13)20-18-21-22-19(26-18)25-16(17(24)23(2)3)14-9-5-4-6-10-14/h4-12,16H,1-3H3,(H,20,21)/t16-/m0/s1. The summed E-state index contributed by atoms with van der Waals surface area (Å²) in [6, 6.07) is 17.8. The van der Waals surface area contributed by atoms with E-state index in [1.165, 1.54) is 28.7 Å². The second kappa shape index (κ2) is 8.33. The van der Waals surface area contributed by atoms with Gasteiger partial charge in [0.15, 0.2) is 4.34 Å². The number of anilines is 2. The minimum absolute atomic E-state index is 0.0320. The maximum atomic E-state index is 12.6. The molecular weight excluding hydrogens is 364 g/mol. The molecule has 134 valence electrons. The minimum atomic E-state index is -0.342. The van der Waals surface area contributed by atoms with Crippen LogP contribution in [-0.2, 0) is 4.79 Å². The molecule has 0 bridgehead atoms. The highest BCUT2D eigenvalue weighted by Gasteiger charge is 2.25. The third-order valence-electron chi connectivity index (χ3n) is 3.66. The Bertz CT molecular complexity index is 880. The number of nitrogens with zero attached hydrogens (tertiary/aromatic N) is 3. The van der Waals surface area contributed by atoms with Crippen molar-refractivity contribution < 1.29 is 4.79 Å². The number of aromatic nitrogens is 2. The van der Waals surface area contributed by atoms with Crippen LogP contribution in [0.4, 0.5) is 10.8 Å². The van der Waals surface area contributed by atoms with Crippen molar-refractivity contribution >= 4 is 39.8 Å². The molecule has 1 atom stereocenters. The zero-order valence-electron chi connectivity index (χ0n) is 14.8. The molecule has 0 aliphatic carbocycles. The zero-order valence-corrected chi connectivity index (χ0v) is 16.5. The third kappa shape index (κ3) is 4.62. The van der Waals surface area contributed by atoms with Gasteiger partial charge >= 0.3 is 0 Å². The molecule has 0 aliphatic rings. The Morgan fingerprint density at radius 3 is 2.58 bits per heavy atom. The van der Waals surface area contributed by atoms with E-state index in [9.17, 15) is 4.79 Å². The molecule has 1 amide bonds. The first-order valence-electron chi connectivity index (χ1n) is 8.13. The third-order valence-corrected chi connectivity index (χ3v) is 5.83. The number of likely N-dealkylation sites (N-methyl/N-ethyl adjacent to an activating group) is 1. The van der Waals surface area contributed by atoms with Gasteiger partial charge < -0.3 is 10.2 Å². The van der Waals surface area contributed by atoms with E-state index >= 15 is 0 Å². The lowest BCUT2D eigenvalue weighted by Gasteiger charge is -2.19. The van der Waals surface area contributed by atoms with Gasteiger partial charge in [-0.05, 0) is 30.2 Å². The molecule has 0 fully saturated rings. The first-order valence-corrected chi connectivity index (χ1v) is 9.82. The van der Waals surface area contributed by atoms with E-state index in [4.69, 9.17) is 0 Å². The molecule has 3 rings (SSSR count). The molecule has 3 aromatic rings. The van der Waals surface area contributed by atoms with Gasteiger partial charge in [-0.1, -0.05) is 65.6 Å². The summed E-state index contributed by atoms with van der Waals surface area (Å²) >= 11 is 2.87. The molecule has 1 aromatic heterocycles. The molecule has 1 heterocycles. The van der Waals surface area contributed by atoms with E-state index in [1.54, 1.807) is 19.0 Å². The zero-order chi connectivity index (χ0) is 18.5. The lowest BCUT2D eigenvalue weighted by Crippen LogP contribution is -2.26. The van der Waals surface area contributed by atoms with Crippen molar-refractivity contribution in [3.63, 3.8) is 0 Å². The molecule has 0 aliphatic heterocycles. The van der Waals surface area contributed by atoms with Crippen LogP contribution in [0.25, 0.3) is 0 Å². The van der Waals surface area contributed by atoms with Crippen LogP contribution in [0, 0.1) is 6.92 Å². The Balaban J connectivity index is 1.77. The van der Waals surface area contributed by atoms with Gasteiger partial charge in [0.05, 0.1) is 0 Å². The molecule has 26 heavy (non-hydrogen) atoms. The number of amides is 1. The van der Waals surface area contributed by atoms with E-state index in [0.717, 1.165) is 15.6 Å². The SMILES string of the molecule is Cc1cccc(Nc2nnc(S[C@H](C(=O)N(C)C)c3ccccc3)s2)c1. The number of aryl methyl sites for hydroxylation is 1. The molecule has 0 unspecified atom stereocenters. The molecule has 0 saturated heterocycles. The van der Waals surface area contributed by atoms with Crippen molar-refractivity contribution in [3.05, 3.63) is 65.7 Å². The van der Waals surface area contributed by atoms with Crippen LogP contribution in [-0.4, -0.2) is 35.1 Å². The number of carbonyl (C=O) groups is 1. The summed E-state index contributed by atoms with van der Waals surface area (Å²) in [4.78, 5) is 14.2. The molecule has 1 N–H and O–H groups in total. The van der Waals surface area contributed by atoms with Crippen molar-refractivity contribution in [2.45, 2.75) is 16.5 Å². The summed E-state index contributed by atoms with van der Waals surface area (Å²) < 4.78 is 0.754. The van der Waals surface area contributed by atoms with Crippen LogP contribution in [0.5, 0.6) is 0 Å². The maximum Gasteiger partial charge on any atom is 0.240 e. The van der Waals surface area contributed by atoms with Crippen molar-refractivity contribution in [2.75, 3.05) is 19.4 Å². The number of thioether (sulfide) groups is 1. The Hall–Kier alpha value is -2.38. The Kier molecular flexibility index (Phi) is 5.90. The summed E-state index contributed by atoms with van der Waals surface area (Å²) in [6.45, 7) is 2.05. The predicted octanol–water partition coefficient (Wildman–Crippen LogP) is 4.51. The van der Waals surface area contributed by atoms with Crippen molar-refractivity contribution in [1.29, 1.82) is 0 Å². The summed E-state index contributed by atoms with van der Waals surface area (Å²) in [7, 11) is 3.54. The fourth-order valence-corrected chi connectivity index (χ4v) is 4.49. The highest BCUT2D eigenvalue weighted by Crippen LogP contribution is 2.39. The van der Waals surface area contributed by atoms with Crippen molar-refractivity contribution in [1.82, 2.24) is 15.1 Å². The second-order valence-corrected chi connectivity index (χ2v) is 8.34. The van der Waals surface area contributed by atoms with Crippen LogP contribution < -0.4 is 5.32 Å².